The molecule has 3 rings (SSSR count). The van der Waals surface area contributed by atoms with Crippen molar-refractivity contribution in [1.29, 1.82) is 0 Å². The zero-order valence-electron chi connectivity index (χ0n) is 14.0. The molecular weight excluding hydrogens is 401 g/mol. The molecule has 3 aromatic heterocycles. The Hall–Kier alpha value is -2.39. The van der Waals surface area contributed by atoms with Gasteiger partial charge in [-0.25, -0.2) is 4.98 Å². The fourth-order valence-corrected chi connectivity index (χ4v) is 3.47. The number of alkyl halides is 3. The van der Waals surface area contributed by atoms with Gasteiger partial charge in [-0.3, -0.25) is 4.79 Å². The van der Waals surface area contributed by atoms with Crippen molar-refractivity contribution >= 4 is 28.6 Å². The summed E-state index contributed by atoms with van der Waals surface area (Å²) in [4.78, 5) is 17.3. The topological polar surface area (TPSA) is 59.8 Å². The maximum Gasteiger partial charge on any atom is 0.417 e. The maximum absolute atomic E-state index is 12.6. The number of halogens is 4. The molecule has 0 fully saturated rings. The van der Waals surface area contributed by atoms with Crippen LogP contribution in [0.15, 0.2) is 46.8 Å². The third-order valence-electron chi connectivity index (χ3n) is 3.84. The van der Waals surface area contributed by atoms with Crippen molar-refractivity contribution in [2.45, 2.75) is 25.6 Å². The molecule has 0 amide bonds. The second-order valence-corrected chi connectivity index (χ2v) is 6.97. The average molecular weight is 415 g/mol. The van der Waals surface area contributed by atoms with Gasteiger partial charge in [-0.15, -0.1) is 11.3 Å². The van der Waals surface area contributed by atoms with E-state index in [4.69, 9.17) is 11.6 Å². The number of aromatic nitrogens is 3. The van der Waals surface area contributed by atoms with Crippen LogP contribution >= 0.6 is 22.9 Å². The maximum atomic E-state index is 12.6. The molecule has 0 aliphatic carbocycles. The summed E-state index contributed by atoms with van der Waals surface area (Å²) in [6.45, 7) is 1.99. The van der Waals surface area contributed by atoms with Crippen molar-refractivity contribution in [2.24, 2.45) is 0 Å². The minimum atomic E-state index is -4.51. The molecule has 0 saturated carbocycles. The molecule has 1 unspecified atom stereocenters. The monoisotopic (exact) mass is 414 g/mol. The van der Waals surface area contributed by atoms with Crippen LogP contribution in [-0.4, -0.2) is 14.8 Å². The summed E-state index contributed by atoms with van der Waals surface area (Å²) in [6.07, 6.45) is -1.74. The van der Waals surface area contributed by atoms with E-state index in [1.807, 2.05) is 24.4 Å². The zero-order valence-corrected chi connectivity index (χ0v) is 15.6. The predicted molar refractivity (Wildman–Crippen MR) is 98.6 cm³/mol. The molecule has 10 heteroatoms. The third kappa shape index (κ3) is 4.14. The highest BCUT2D eigenvalue weighted by Gasteiger charge is 2.30. The van der Waals surface area contributed by atoms with E-state index in [-0.39, 0.29) is 16.9 Å². The Morgan fingerprint density at radius 2 is 2.07 bits per heavy atom. The minimum Gasteiger partial charge on any atom is -0.375 e. The van der Waals surface area contributed by atoms with Gasteiger partial charge in [-0.1, -0.05) is 24.6 Å². The number of hydrogen-bond acceptors (Lipinski definition) is 5. The molecule has 5 nitrogen and oxygen atoms in total. The van der Waals surface area contributed by atoms with Crippen LogP contribution < -0.4 is 10.9 Å². The SMILES string of the molecule is CCC(Nc1cnn(-c2ccc(C(F)(F)F)cn2)c(=O)c1Cl)c1cccs1. The van der Waals surface area contributed by atoms with E-state index in [9.17, 15) is 18.0 Å². The molecule has 0 aliphatic rings. The molecule has 1 atom stereocenters. The summed E-state index contributed by atoms with van der Waals surface area (Å²) < 4.78 is 38.8. The largest absolute Gasteiger partial charge is 0.417 e. The van der Waals surface area contributed by atoms with Crippen LogP contribution in [0.1, 0.15) is 29.8 Å². The molecule has 1 N–H and O–H groups in total. The van der Waals surface area contributed by atoms with Crippen LogP contribution in [0.3, 0.4) is 0 Å². The van der Waals surface area contributed by atoms with E-state index < -0.39 is 17.3 Å². The van der Waals surface area contributed by atoms with Gasteiger partial charge in [0.25, 0.3) is 5.56 Å². The number of hydrogen-bond donors (Lipinski definition) is 1. The van der Waals surface area contributed by atoms with Gasteiger partial charge in [0.2, 0.25) is 0 Å². The van der Waals surface area contributed by atoms with E-state index in [0.717, 1.165) is 28.1 Å². The average Bonchev–Trinajstić information content (AvgIpc) is 3.17. The van der Waals surface area contributed by atoms with Gasteiger partial charge < -0.3 is 5.32 Å². The Kier molecular flexibility index (Phi) is 5.52. The Balaban J connectivity index is 1.90. The first-order valence-corrected chi connectivity index (χ1v) is 9.18. The van der Waals surface area contributed by atoms with Gasteiger partial charge in [0, 0.05) is 11.1 Å². The molecule has 0 aromatic carbocycles. The van der Waals surface area contributed by atoms with Crippen LogP contribution in [0.25, 0.3) is 5.82 Å². The van der Waals surface area contributed by atoms with E-state index in [0.29, 0.717) is 11.9 Å². The van der Waals surface area contributed by atoms with E-state index in [1.165, 1.54) is 6.20 Å². The van der Waals surface area contributed by atoms with E-state index in [2.05, 4.69) is 15.4 Å². The number of anilines is 1. The smallest absolute Gasteiger partial charge is 0.375 e. The van der Waals surface area contributed by atoms with Gasteiger partial charge in [-0.05, 0) is 30.0 Å². The zero-order chi connectivity index (χ0) is 19.6. The molecule has 0 bridgehead atoms. The van der Waals surface area contributed by atoms with Gasteiger partial charge in [0.1, 0.15) is 5.02 Å². The first kappa shape index (κ1) is 19.4. The number of pyridine rings is 1. The lowest BCUT2D eigenvalue weighted by molar-refractivity contribution is -0.137. The van der Waals surface area contributed by atoms with Crippen molar-refractivity contribution < 1.29 is 13.2 Å². The second kappa shape index (κ2) is 7.69. The fourth-order valence-electron chi connectivity index (χ4n) is 2.43. The number of thiophene rings is 1. The van der Waals surface area contributed by atoms with Crippen LogP contribution in [0.5, 0.6) is 0 Å². The van der Waals surface area contributed by atoms with Gasteiger partial charge in [0.05, 0.1) is 23.5 Å². The lowest BCUT2D eigenvalue weighted by Crippen LogP contribution is -2.24. The molecular formula is C17H14ClF3N4OS. The fraction of sp³-hybridized carbons (Fsp3) is 0.235. The third-order valence-corrected chi connectivity index (χ3v) is 5.19. The van der Waals surface area contributed by atoms with Crippen molar-refractivity contribution in [2.75, 3.05) is 5.32 Å². The summed E-state index contributed by atoms with van der Waals surface area (Å²) in [6, 6.07) is 5.77. The first-order chi connectivity index (χ1) is 12.8. The minimum absolute atomic E-state index is 0.0382. The standard InChI is InChI=1S/C17H14ClF3N4OS/c1-2-11(13-4-3-7-27-13)24-12-9-23-25(16(26)15(12)18)14-6-5-10(8-22-14)17(19,20)21/h3-9,11,24H,2H2,1H3. The summed E-state index contributed by atoms with van der Waals surface area (Å²) in [5.74, 6) is -0.0493. The Bertz CT molecular complexity index is 971. The van der Waals surface area contributed by atoms with Gasteiger partial charge in [0.15, 0.2) is 5.82 Å². The van der Waals surface area contributed by atoms with Crippen molar-refractivity contribution in [3.8, 4) is 5.82 Å². The molecule has 3 heterocycles. The van der Waals surface area contributed by atoms with Crippen LogP contribution in [0.2, 0.25) is 5.02 Å². The van der Waals surface area contributed by atoms with Crippen LogP contribution in [0.4, 0.5) is 18.9 Å². The normalized spacial score (nSPS) is 12.8. The lowest BCUT2D eigenvalue weighted by Gasteiger charge is -2.18. The van der Waals surface area contributed by atoms with Crippen LogP contribution in [0, 0.1) is 0 Å². The quantitative estimate of drug-likeness (QED) is 0.643. The molecule has 3 aromatic rings. The number of nitrogens with one attached hydrogen (secondary N) is 1. The highest BCUT2D eigenvalue weighted by molar-refractivity contribution is 7.10. The molecule has 27 heavy (non-hydrogen) atoms. The predicted octanol–water partition coefficient (Wildman–Crippen LogP) is 4.92. The van der Waals surface area contributed by atoms with Crippen molar-refractivity contribution in [3.63, 3.8) is 0 Å². The summed E-state index contributed by atoms with van der Waals surface area (Å²) in [7, 11) is 0. The Morgan fingerprint density at radius 1 is 1.30 bits per heavy atom. The summed E-state index contributed by atoms with van der Waals surface area (Å²) in [5, 5.41) is 9.01. The molecule has 0 saturated heterocycles. The summed E-state index contributed by atoms with van der Waals surface area (Å²) in [5.41, 5.74) is -1.23. The van der Waals surface area contributed by atoms with E-state index >= 15 is 0 Å². The highest BCUT2D eigenvalue weighted by atomic mass is 35.5. The molecule has 142 valence electrons. The van der Waals surface area contributed by atoms with Crippen molar-refractivity contribution in [3.05, 3.63) is 67.9 Å². The van der Waals surface area contributed by atoms with Crippen molar-refractivity contribution in [1.82, 2.24) is 14.8 Å². The van der Waals surface area contributed by atoms with Crippen LogP contribution in [-0.2, 0) is 6.18 Å². The second-order valence-electron chi connectivity index (χ2n) is 5.61. The highest BCUT2D eigenvalue weighted by Crippen LogP contribution is 2.29. The first-order valence-electron chi connectivity index (χ1n) is 7.92. The van der Waals surface area contributed by atoms with Gasteiger partial charge in [-0.2, -0.15) is 23.0 Å². The summed E-state index contributed by atoms with van der Waals surface area (Å²) >= 11 is 7.75. The molecule has 0 aliphatic heterocycles. The molecule has 0 spiro atoms. The molecule has 0 radical (unpaired) electrons. The Morgan fingerprint density at radius 3 is 2.63 bits per heavy atom. The Labute approximate surface area is 161 Å². The lowest BCUT2D eigenvalue weighted by atomic mass is 10.2. The number of rotatable bonds is 5. The van der Waals surface area contributed by atoms with Gasteiger partial charge >= 0.3 is 6.18 Å². The van der Waals surface area contributed by atoms with E-state index in [1.54, 1.807) is 11.3 Å². The number of nitrogens with zero attached hydrogens (tertiary/aromatic N) is 3.